The van der Waals surface area contributed by atoms with Gasteiger partial charge in [0, 0.05) is 23.8 Å². The van der Waals surface area contributed by atoms with E-state index in [1.807, 2.05) is 24.4 Å². The molecule has 0 fully saturated rings. The summed E-state index contributed by atoms with van der Waals surface area (Å²) >= 11 is 0. The van der Waals surface area contributed by atoms with Crippen LogP contribution >= 0.6 is 0 Å². The van der Waals surface area contributed by atoms with Crippen molar-refractivity contribution in [3.05, 3.63) is 65.9 Å². The number of nitrogens with one attached hydrogen (secondary N) is 1. The van der Waals surface area contributed by atoms with E-state index in [0.717, 1.165) is 23.5 Å². The molecule has 0 aliphatic heterocycles. The van der Waals surface area contributed by atoms with Crippen molar-refractivity contribution in [1.29, 1.82) is 0 Å². The van der Waals surface area contributed by atoms with E-state index in [2.05, 4.69) is 47.6 Å². The normalized spacial score (nSPS) is 10.6. The van der Waals surface area contributed by atoms with Crippen LogP contribution in [0, 0.1) is 6.92 Å². The van der Waals surface area contributed by atoms with Gasteiger partial charge in [0.25, 0.3) is 0 Å². The molecule has 0 bridgehead atoms. The predicted octanol–water partition coefficient (Wildman–Crippen LogP) is 4.16. The van der Waals surface area contributed by atoms with Crippen molar-refractivity contribution in [3.63, 3.8) is 0 Å². The zero-order chi connectivity index (χ0) is 14.7. The molecular formula is C18H18N2O. The molecule has 0 amide bonds. The molecule has 3 rings (SSSR count). The van der Waals surface area contributed by atoms with Crippen molar-refractivity contribution in [1.82, 2.24) is 4.98 Å². The van der Waals surface area contributed by atoms with Crippen LogP contribution in [0.4, 0.5) is 5.69 Å². The van der Waals surface area contributed by atoms with E-state index in [4.69, 9.17) is 4.74 Å². The Morgan fingerprint density at radius 3 is 2.81 bits per heavy atom. The van der Waals surface area contributed by atoms with E-state index in [-0.39, 0.29) is 0 Å². The maximum atomic E-state index is 5.23. The van der Waals surface area contributed by atoms with Gasteiger partial charge >= 0.3 is 0 Å². The molecule has 0 aliphatic rings. The number of benzene rings is 2. The molecule has 0 saturated carbocycles. The maximum Gasteiger partial charge on any atom is 0.119 e. The molecule has 0 spiro atoms. The van der Waals surface area contributed by atoms with Crippen molar-refractivity contribution in [2.45, 2.75) is 13.5 Å². The molecule has 0 unspecified atom stereocenters. The first-order valence-electron chi connectivity index (χ1n) is 6.98. The zero-order valence-electron chi connectivity index (χ0n) is 12.3. The minimum absolute atomic E-state index is 0.790. The molecule has 21 heavy (non-hydrogen) atoms. The van der Waals surface area contributed by atoms with Gasteiger partial charge in [0.15, 0.2) is 0 Å². The highest BCUT2D eigenvalue weighted by Crippen LogP contribution is 2.22. The Bertz CT molecular complexity index is 768. The molecule has 3 heteroatoms. The number of fused-ring (bicyclic) bond motifs is 1. The van der Waals surface area contributed by atoms with Gasteiger partial charge in [-0.25, -0.2) is 0 Å². The number of ether oxygens (including phenoxy) is 1. The fourth-order valence-corrected chi connectivity index (χ4v) is 2.39. The third-order valence-electron chi connectivity index (χ3n) is 3.58. The largest absolute Gasteiger partial charge is 0.497 e. The molecule has 3 nitrogen and oxygen atoms in total. The Kier molecular flexibility index (Phi) is 3.73. The maximum absolute atomic E-state index is 5.23. The van der Waals surface area contributed by atoms with Gasteiger partial charge in [0.2, 0.25) is 0 Å². The lowest BCUT2D eigenvalue weighted by Gasteiger charge is -2.11. The average molecular weight is 278 g/mol. The monoisotopic (exact) mass is 278 g/mol. The highest BCUT2D eigenvalue weighted by Gasteiger charge is 2.01. The number of hydrogen-bond acceptors (Lipinski definition) is 3. The van der Waals surface area contributed by atoms with Crippen LogP contribution in [-0.4, -0.2) is 12.1 Å². The van der Waals surface area contributed by atoms with Crippen LogP contribution in [0.5, 0.6) is 5.75 Å². The summed E-state index contributed by atoms with van der Waals surface area (Å²) in [6, 6.07) is 16.5. The van der Waals surface area contributed by atoms with Crippen LogP contribution in [0.2, 0.25) is 0 Å². The Morgan fingerprint density at radius 2 is 2.00 bits per heavy atom. The smallest absolute Gasteiger partial charge is 0.119 e. The first-order valence-corrected chi connectivity index (χ1v) is 6.98. The fourth-order valence-electron chi connectivity index (χ4n) is 2.39. The SMILES string of the molecule is COc1ccc(NCc2ccc3ncccc3c2)c(C)c1. The van der Waals surface area contributed by atoms with Crippen LogP contribution in [-0.2, 0) is 6.54 Å². The van der Waals surface area contributed by atoms with Gasteiger partial charge in [-0.05, 0) is 54.4 Å². The van der Waals surface area contributed by atoms with Crippen molar-refractivity contribution < 1.29 is 4.74 Å². The first-order chi connectivity index (χ1) is 10.3. The van der Waals surface area contributed by atoms with Gasteiger partial charge < -0.3 is 10.1 Å². The summed E-state index contributed by atoms with van der Waals surface area (Å²) in [6.07, 6.45) is 1.82. The zero-order valence-corrected chi connectivity index (χ0v) is 12.3. The molecule has 0 aliphatic carbocycles. The van der Waals surface area contributed by atoms with Crippen molar-refractivity contribution in [2.24, 2.45) is 0 Å². The van der Waals surface area contributed by atoms with Crippen molar-refractivity contribution in [2.75, 3.05) is 12.4 Å². The summed E-state index contributed by atoms with van der Waals surface area (Å²) in [4.78, 5) is 4.34. The first kappa shape index (κ1) is 13.4. The summed E-state index contributed by atoms with van der Waals surface area (Å²) in [5, 5.41) is 4.64. The second kappa shape index (κ2) is 5.83. The van der Waals surface area contributed by atoms with Gasteiger partial charge in [-0.15, -0.1) is 0 Å². The molecule has 3 aromatic rings. The van der Waals surface area contributed by atoms with E-state index in [0.29, 0.717) is 0 Å². The minimum Gasteiger partial charge on any atom is -0.497 e. The van der Waals surface area contributed by atoms with Crippen LogP contribution in [0.25, 0.3) is 10.9 Å². The minimum atomic E-state index is 0.790. The number of nitrogens with zero attached hydrogens (tertiary/aromatic N) is 1. The van der Waals surface area contributed by atoms with E-state index in [9.17, 15) is 0 Å². The topological polar surface area (TPSA) is 34.1 Å². The summed E-state index contributed by atoms with van der Waals surface area (Å²) in [7, 11) is 1.69. The van der Waals surface area contributed by atoms with Crippen molar-refractivity contribution in [3.8, 4) is 5.75 Å². The third kappa shape index (κ3) is 2.97. The van der Waals surface area contributed by atoms with Gasteiger partial charge in [0.05, 0.1) is 12.6 Å². The Morgan fingerprint density at radius 1 is 1.10 bits per heavy atom. The lowest BCUT2D eigenvalue weighted by molar-refractivity contribution is 0.414. The average Bonchev–Trinajstić information content (AvgIpc) is 2.53. The number of aromatic nitrogens is 1. The summed E-state index contributed by atoms with van der Waals surface area (Å²) in [5.41, 5.74) is 4.58. The molecule has 0 radical (unpaired) electrons. The highest BCUT2D eigenvalue weighted by molar-refractivity contribution is 5.79. The number of pyridine rings is 1. The summed E-state index contributed by atoms with van der Waals surface area (Å²) in [6.45, 7) is 2.87. The molecule has 1 N–H and O–H groups in total. The third-order valence-corrected chi connectivity index (χ3v) is 3.58. The molecule has 1 heterocycles. The fraction of sp³-hybridized carbons (Fsp3) is 0.167. The number of rotatable bonds is 4. The molecule has 2 aromatic carbocycles. The van der Waals surface area contributed by atoms with Gasteiger partial charge in [0.1, 0.15) is 5.75 Å². The molecule has 106 valence electrons. The summed E-state index contributed by atoms with van der Waals surface area (Å²) in [5.74, 6) is 0.884. The predicted molar refractivity (Wildman–Crippen MR) is 86.8 cm³/mol. The van der Waals surface area contributed by atoms with Crippen molar-refractivity contribution >= 4 is 16.6 Å². The standard InChI is InChI=1S/C18H18N2O/c1-13-10-16(21-2)6-8-17(13)20-12-14-5-7-18-15(11-14)4-3-9-19-18/h3-11,20H,12H2,1-2H3. The highest BCUT2D eigenvalue weighted by atomic mass is 16.5. The van der Waals surface area contributed by atoms with Crippen LogP contribution in [0.1, 0.15) is 11.1 Å². The number of hydrogen-bond donors (Lipinski definition) is 1. The van der Waals surface area contributed by atoms with E-state index < -0.39 is 0 Å². The second-order valence-corrected chi connectivity index (χ2v) is 5.06. The van der Waals surface area contributed by atoms with Crippen LogP contribution < -0.4 is 10.1 Å². The number of aryl methyl sites for hydroxylation is 1. The molecule has 0 saturated heterocycles. The van der Waals surface area contributed by atoms with Gasteiger partial charge in [-0.1, -0.05) is 12.1 Å². The quantitative estimate of drug-likeness (QED) is 0.778. The summed E-state index contributed by atoms with van der Waals surface area (Å²) < 4.78 is 5.23. The lowest BCUT2D eigenvalue weighted by atomic mass is 10.1. The molecule has 1 aromatic heterocycles. The molecular weight excluding hydrogens is 260 g/mol. The van der Waals surface area contributed by atoms with Crippen LogP contribution in [0.3, 0.4) is 0 Å². The Labute approximate surface area is 124 Å². The van der Waals surface area contributed by atoms with Gasteiger partial charge in [-0.3, -0.25) is 4.98 Å². The molecule has 0 atom stereocenters. The Hall–Kier alpha value is -2.55. The lowest BCUT2D eigenvalue weighted by Crippen LogP contribution is -2.01. The van der Waals surface area contributed by atoms with Gasteiger partial charge in [-0.2, -0.15) is 0 Å². The number of methoxy groups -OCH3 is 1. The van der Waals surface area contributed by atoms with Crippen LogP contribution in [0.15, 0.2) is 54.7 Å². The van der Waals surface area contributed by atoms with E-state index >= 15 is 0 Å². The number of anilines is 1. The van der Waals surface area contributed by atoms with E-state index in [1.54, 1.807) is 7.11 Å². The second-order valence-electron chi connectivity index (χ2n) is 5.06. The van der Waals surface area contributed by atoms with E-state index in [1.165, 1.54) is 16.5 Å². The Balaban J connectivity index is 1.77.